The Morgan fingerprint density at radius 1 is 1.14 bits per heavy atom. The van der Waals surface area contributed by atoms with Crippen LogP contribution in [0.4, 0.5) is 0 Å². The summed E-state index contributed by atoms with van der Waals surface area (Å²) in [6, 6.07) is 14.6. The van der Waals surface area contributed by atoms with Gasteiger partial charge in [-0.3, -0.25) is 4.79 Å². The number of carbonyl (C=O) groups excluding carboxylic acids is 1. The second-order valence-corrected chi connectivity index (χ2v) is 5.03. The van der Waals surface area contributed by atoms with Gasteiger partial charge in [0.15, 0.2) is 6.10 Å². The fourth-order valence-electron chi connectivity index (χ4n) is 2.04. The minimum absolute atomic E-state index is 0.0918. The largest absolute Gasteiger partial charge is 0.481 e. The molecule has 0 spiro atoms. The van der Waals surface area contributed by atoms with E-state index < -0.39 is 6.10 Å². The number of nitrogens with zero attached hydrogens (tertiary/aromatic N) is 1. The van der Waals surface area contributed by atoms with E-state index >= 15 is 0 Å². The third kappa shape index (κ3) is 3.29. The first kappa shape index (κ1) is 14.8. The fraction of sp³-hybridized carbons (Fsp3) is 0.222. The highest BCUT2D eigenvalue weighted by molar-refractivity contribution is 5.99. The number of ketones is 1. The molecule has 0 unspecified atom stereocenters. The number of nitriles is 1. The van der Waals surface area contributed by atoms with E-state index in [4.69, 9.17) is 10.00 Å². The van der Waals surface area contributed by atoms with Crippen LogP contribution in [0.25, 0.3) is 0 Å². The molecule has 0 radical (unpaired) electrons. The summed E-state index contributed by atoms with van der Waals surface area (Å²) in [6.45, 7) is 5.68. The first-order valence-corrected chi connectivity index (χ1v) is 6.80. The van der Waals surface area contributed by atoms with Crippen molar-refractivity contribution in [1.82, 2.24) is 0 Å². The summed E-state index contributed by atoms with van der Waals surface area (Å²) in [7, 11) is 0. The molecular weight excluding hydrogens is 262 g/mol. The molecule has 3 nitrogen and oxygen atoms in total. The molecule has 0 fully saturated rings. The molecule has 2 aromatic carbocycles. The van der Waals surface area contributed by atoms with Gasteiger partial charge in [0, 0.05) is 5.56 Å². The molecule has 2 rings (SSSR count). The summed E-state index contributed by atoms with van der Waals surface area (Å²) in [5.41, 5.74) is 3.28. The summed E-state index contributed by atoms with van der Waals surface area (Å²) >= 11 is 0. The SMILES string of the molecule is Cc1ccc(C(=O)[C@H](C)Oc2ccccc2C#N)cc1C. The van der Waals surface area contributed by atoms with Crippen molar-refractivity contribution in [1.29, 1.82) is 5.26 Å². The lowest BCUT2D eigenvalue weighted by Crippen LogP contribution is -2.24. The Hall–Kier alpha value is -2.60. The lowest BCUT2D eigenvalue weighted by atomic mass is 10.0. The van der Waals surface area contributed by atoms with Crippen molar-refractivity contribution >= 4 is 5.78 Å². The van der Waals surface area contributed by atoms with Gasteiger partial charge in [-0.05, 0) is 50.1 Å². The Kier molecular flexibility index (Phi) is 4.39. The van der Waals surface area contributed by atoms with Gasteiger partial charge < -0.3 is 4.74 Å². The van der Waals surface area contributed by atoms with Gasteiger partial charge in [0.1, 0.15) is 11.8 Å². The third-order valence-corrected chi connectivity index (χ3v) is 3.47. The van der Waals surface area contributed by atoms with Gasteiger partial charge in [0.05, 0.1) is 5.56 Å². The Bertz CT molecular complexity index is 713. The van der Waals surface area contributed by atoms with Crippen molar-refractivity contribution in [3.63, 3.8) is 0 Å². The first-order valence-electron chi connectivity index (χ1n) is 6.80. The van der Waals surface area contributed by atoms with Crippen LogP contribution in [-0.2, 0) is 0 Å². The molecule has 0 N–H and O–H groups in total. The average molecular weight is 279 g/mol. The van der Waals surface area contributed by atoms with Crippen LogP contribution >= 0.6 is 0 Å². The molecule has 0 heterocycles. The molecule has 0 aliphatic rings. The van der Waals surface area contributed by atoms with E-state index in [1.807, 2.05) is 26.0 Å². The molecule has 3 heteroatoms. The zero-order chi connectivity index (χ0) is 15.4. The molecule has 21 heavy (non-hydrogen) atoms. The topological polar surface area (TPSA) is 50.1 Å². The number of Topliss-reactive ketones (excluding diaryl/α,β-unsaturated/α-hetero) is 1. The predicted molar refractivity (Wildman–Crippen MR) is 81.5 cm³/mol. The zero-order valence-corrected chi connectivity index (χ0v) is 12.4. The second kappa shape index (κ2) is 6.23. The molecule has 0 bridgehead atoms. The zero-order valence-electron chi connectivity index (χ0n) is 12.4. The summed E-state index contributed by atoms with van der Waals surface area (Å²) in [5.74, 6) is 0.343. The first-order chi connectivity index (χ1) is 10.0. The lowest BCUT2D eigenvalue weighted by Gasteiger charge is -2.15. The molecule has 0 aliphatic carbocycles. The van der Waals surface area contributed by atoms with E-state index in [1.54, 1.807) is 37.3 Å². The Morgan fingerprint density at radius 2 is 1.86 bits per heavy atom. The van der Waals surface area contributed by atoms with Gasteiger partial charge >= 0.3 is 0 Å². The van der Waals surface area contributed by atoms with Gasteiger partial charge in [-0.25, -0.2) is 0 Å². The van der Waals surface area contributed by atoms with E-state index in [9.17, 15) is 4.79 Å². The van der Waals surface area contributed by atoms with Crippen molar-refractivity contribution in [3.8, 4) is 11.8 Å². The van der Waals surface area contributed by atoms with E-state index in [0.29, 0.717) is 16.9 Å². The lowest BCUT2D eigenvalue weighted by molar-refractivity contribution is 0.0817. The van der Waals surface area contributed by atoms with Crippen LogP contribution in [0, 0.1) is 25.2 Å². The van der Waals surface area contributed by atoms with Crippen LogP contribution in [-0.4, -0.2) is 11.9 Å². The van der Waals surface area contributed by atoms with E-state index in [0.717, 1.165) is 11.1 Å². The molecule has 0 saturated carbocycles. The molecule has 0 saturated heterocycles. The van der Waals surface area contributed by atoms with Crippen LogP contribution in [0.1, 0.15) is 34.0 Å². The minimum atomic E-state index is -0.637. The predicted octanol–water partition coefficient (Wildman–Crippen LogP) is 3.83. The van der Waals surface area contributed by atoms with Crippen LogP contribution in [0.2, 0.25) is 0 Å². The fourth-order valence-corrected chi connectivity index (χ4v) is 2.04. The molecule has 0 amide bonds. The Balaban J connectivity index is 2.20. The number of hydrogen-bond donors (Lipinski definition) is 0. The number of hydrogen-bond acceptors (Lipinski definition) is 3. The number of carbonyl (C=O) groups is 1. The van der Waals surface area contributed by atoms with Gasteiger partial charge in [-0.2, -0.15) is 5.26 Å². The van der Waals surface area contributed by atoms with Gasteiger partial charge in [-0.15, -0.1) is 0 Å². The van der Waals surface area contributed by atoms with Crippen LogP contribution in [0.5, 0.6) is 5.75 Å². The van der Waals surface area contributed by atoms with Crippen molar-refractivity contribution in [3.05, 3.63) is 64.7 Å². The quantitative estimate of drug-likeness (QED) is 0.799. The monoisotopic (exact) mass is 279 g/mol. The number of aryl methyl sites for hydroxylation is 2. The molecule has 1 atom stereocenters. The molecule has 106 valence electrons. The molecule has 0 aliphatic heterocycles. The maximum atomic E-state index is 12.4. The third-order valence-electron chi connectivity index (χ3n) is 3.47. The van der Waals surface area contributed by atoms with Gasteiger partial charge in [-0.1, -0.05) is 24.3 Å². The van der Waals surface area contributed by atoms with Crippen molar-refractivity contribution < 1.29 is 9.53 Å². The minimum Gasteiger partial charge on any atom is -0.481 e. The maximum Gasteiger partial charge on any atom is 0.203 e. The van der Waals surface area contributed by atoms with E-state index in [2.05, 4.69) is 6.07 Å². The highest BCUT2D eigenvalue weighted by Gasteiger charge is 2.18. The van der Waals surface area contributed by atoms with Gasteiger partial charge in [0.2, 0.25) is 5.78 Å². The summed E-state index contributed by atoms with van der Waals surface area (Å²) in [6.07, 6.45) is -0.637. The summed E-state index contributed by atoms with van der Waals surface area (Å²) in [5, 5.41) is 9.04. The van der Waals surface area contributed by atoms with Gasteiger partial charge in [0.25, 0.3) is 0 Å². The second-order valence-electron chi connectivity index (χ2n) is 5.03. The summed E-state index contributed by atoms with van der Waals surface area (Å²) in [4.78, 5) is 12.4. The van der Waals surface area contributed by atoms with Crippen molar-refractivity contribution in [2.45, 2.75) is 26.9 Å². The van der Waals surface area contributed by atoms with Crippen LogP contribution in [0.15, 0.2) is 42.5 Å². The average Bonchev–Trinajstić information content (AvgIpc) is 2.49. The number of para-hydroxylation sites is 1. The standard InChI is InChI=1S/C18H17NO2/c1-12-8-9-15(10-13(12)2)18(20)14(3)21-17-7-5-4-6-16(17)11-19/h4-10,14H,1-3H3/t14-/m0/s1. The Labute approximate surface area is 124 Å². The normalized spacial score (nSPS) is 11.5. The van der Waals surface area contributed by atoms with E-state index in [1.165, 1.54) is 0 Å². The number of rotatable bonds is 4. The van der Waals surface area contributed by atoms with Crippen molar-refractivity contribution in [2.24, 2.45) is 0 Å². The maximum absolute atomic E-state index is 12.4. The van der Waals surface area contributed by atoms with Crippen LogP contribution < -0.4 is 4.74 Å². The highest BCUT2D eigenvalue weighted by atomic mass is 16.5. The number of benzene rings is 2. The Morgan fingerprint density at radius 3 is 2.52 bits per heavy atom. The van der Waals surface area contributed by atoms with E-state index in [-0.39, 0.29) is 5.78 Å². The molecular formula is C18H17NO2. The smallest absolute Gasteiger partial charge is 0.203 e. The molecule has 0 aromatic heterocycles. The highest BCUT2D eigenvalue weighted by Crippen LogP contribution is 2.20. The van der Waals surface area contributed by atoms with Crippen LogP contribution in [0.3, 0.4) is 0 Å². The molecule has 2 aromatic rings. The number of ether oxygens (including phenoxy) is 1. The van der Waals surface area contributed by atoms with Crippen molar-refractivity contribution in [2.75, 3.05) is 0 Å². The summed E-state index contributed by atoms with van der Waals surface area (Å²) < 4.78 is 5.65.